The molecule has 1 aliphatic rings. The van der Waals surface area contributed by atoms with Crippen molar-refractivity contribution in [2.24, 2.45) is 5.73 Å². The Morgan fingerprint density at radius 3 is 2.55 bits per heavy atom. The zero-order valence-electron chi connectivity index (χ0n) is 15.6. The number of pyridine rings is 2. The third-order valence-electron chi connectivity index (χ3n) is 4.66. The minimum Gasteiger partial charge on any atom is -0.456 e. The van der Waals surface area contributed by atoms with Crippen LogP contribution >= 0.6 is 0 Å². The van der Waals surface area contributed by atoms with Crippen molar-refractivity contribution in [2.75, 3.05) is 23.3 Å². The Labute approximate surface area is 167 Å². The van der Waals surface area contributed by atoms with Crippen molar-refractivity contribution in [1.82, 2.24) is 19.9 Å². The Kier molecular flexibility index (Phi) is 4.38. The van der Waals surface area contributed by atoms with E-state index in [0.29, 0.717) is 22.9 Å². The Bertz CT molecular complexity index is 1130. The smallest absolute Gasteiger partial charge is 0.161 e. The van der Waals surface area contributed by atoms with Crippen LogP contribution in [0.15, 0.2) is 67.1 Å². The van der Waals surface area contributed by atoms with Crippen LogP contribution in [0.1, 0.15) is 0 Å². The third kappa shape index (κ3) is 3.65. The SMILES string of the molecule is NC1CN(c2ccc3ncnc(Nc4ccc(Oc5ccccc5)cn4)c3n2)C1. The molecule has 0 aliphatic carbocycles. The number of rotatable bonds is 5. The first-order valence-electron chi connectivity index (χ1n) is 9.33. The highest BCUT2D eigenvalue weighted by Crippen LogP contribution is 2.26. The first-order valence-corrected chi connectivity index (χ1v) is 9.33. The van der Waals surface area contributed by atoms with Gasteiger partial charge in [-0.05, 0) is 36.4 Å². The lowest BCUT2D eigenvalue weighted by Gasteiger charge is -2.37. The van der Waals surface area contributed by atoms with Crippen LogP contribution in [-0.2, 0) is 0 Å². The summed E-state index contributed by atoms with van der Waals surface area (Å²) in [5.41, 5.74) is 7.34. The van der Waals surface area contributed by atoms with Gasteiger partial charge in [0.1, 0.15) is 35.0 Å². The summed E-state index contributed by atoms with van der Waals surface area (Å²) in [6.07, 6.45) is 3.18. The van der Waals surface area contributed by atoms with Crippen LogP contribution in [0.4, 0.5) is 17.5 Å². The Balaban J connectivity index is 1.37. The van der Waals surface area contributed by atoms with Crippen LogP contribution < -0.4 is 20.7 Å². The van der Waals surface area contributed by atoms with Gasteiger partial charge in [-0.3, -0.25) is 0 Å². The van der Waals surface area contributed by atoms with Crippen molar-refractivity contribution < 1.29 is 4.74 Å². The summed E-state index contributed by atoms with van der Waals surface area (Å²) < 4.78 is 5.78. The number of para-hydroxylation sites is 1. The van der Waals surface area contributed by atoms with Gasteiger partial charge in [0, 0.05) is 19.1 Å². The maximum absolute atomic E-state index is 5.89. The van der Waals surface area contributed by atoms with E-state index in [0.717, 1.165) is 30.2 Å². The van der Waals surface area contributed by atoms with Crippen molar-refractivity contribution in [2.45, 2.75) is 6.04 Å². The summed E-state index contributed by atoms with van der Waals surface area (Å²) >= 11 is 0. The molecule has 0 radical (unpaired) electrons. The Morgan fingerprint density at radius 2 is 1.79 bits per heavy atom. The summed E-state index contributed by atoms with van der Waals surface area (Å²) in [6.45, 7) is 1.61. The third-order valence-corrected chi connectivity index (χ3v) is 4.66. The fraction of sp³-hybridized carbons (Fsp3) is 0.143. The van der Waals surface area contributed by atoms with E-state index in [-0.39, 0.29) is 6.04 Å². The largest absolute Gasteiger partial charge is 0.456 e. The summed E-state index contributed by atoms with van der Waals surface area (Å²) in [4.78, 5) is 19.9. The highest BCUT2D eigenvalue weighted by molar-refractivity contribution is 5.87. The number of nitrogens with zero attached hydrogens (tertiary/aromatic N) is 5. The molecule has 4 heterocycles. The summed E-state index contributed by atoms with van der Waals surface area (Å²) in [6, 6.07) is 17.4. The highest BCUT2D eigenvalue weighted by atomic mass is 16.5. The zero-order chi connectivity index (χ0) is 19.6. The van der Waals surface area contributed by atoms with Gasteiger partial charge in [0.05, 0.1) is 11.7 Å². The predicted molar refractivity (Wildman–Crippen MR) is 112 cm³/mol. The molecule has 3 aromatic heterocycles. The minimum absolute atomic E-state index is 0.206. The molecule has 8 nitrogen and oxygen atoms in total. The van der Waals surface area contributed by atoms with E-state index in [1.807, 2.05) is 54.6 Å². The molecule has 0 amide bonds. The molecule has 0 spiro atoms. The average Bonchev–Trinajstić information content (AvgIpc) is 2.74. The van der Waals surface area contributed by atoms with E-state index in [2.05, 4.69) is 25.2 Å². The van der Waals surface area contributed by atoms with E-state index < -0.39 is 0 Å². The van der Waals surface area contributed by atoms with Crippen molar-refractivity contribution in [3.05, 3.63) is 67.1 Å². The zero-order valence-corrected chi connectivity index (χ0v) is 15.6. The molecular weight excluding hydrogens is 366 g/mol. The lowest BCUT2D eigenvalue weighted by Crippen LogP contribution is -2.56. The van der Waals surface area contributed by atoms with E-state index in [1.54, 1.807) is 6.20 Å². The maximum atomic E-state index is 5.89. The molecule has 144 valence electrons. The molecule has 0 atom stereocenters. The first kappa shape index (κ1) is 17.3. The number of benzene rings is 1. The lowest BCUT2D eigenvalue weighted by molar-refractivity contribution is 0.480. The molecule has 0 unspecified atom stereocenters. The standard InChI is InChI=1S/C21H19N7O/c22-14-11-28(12-14)19-9-7-17-20(27-19)21(25-13-24-17)26-18-8-6-16(10-23-18)29-15-4-2-1-3-5-15/h1-10,13-14H,11-12,22H2,(H,23,24,25,26). The average molecular weight is 385 g/mol. The number of ether oxygens (including phenoxy) is 1. The molecule has 4 aromatic rings. The van der Waals surface area contributed by atoms with E-state index in [9.17, 15) is 0 Å². The highest BCUT2D eigenvalue weighted by Gasteiger charge is 2.24. The number of nitrogens with two attached hydrogens (primary N) is 1. The Morgan fingerprint density at radius 1 is 0.931 bits per heavy atom. The number of aromatic nitrogens is 4. The van der Waals surface area contributed by atoms with Gasteiger partial charge in [0.2, 0.25) is 0 Å². The van der Waals surface area contributed by atoms with Gasteiger partial charge in [0.25, 0.3) is 0 Å². The first-order chi connectivity index (χ1) is 14.2. The summed E-state index contributed by atoms with van der Waals surface area (Å²) in [7, 11) is 0. The van der Waals surface area contributed by atoms with Gasteiger partial charge in [-0.2, -0.15) is 0 Å². The molecule has 1 fully saturated rings. The predicted octanol–water partition coefficient (Wildman–Crippen LogP) is 3.10. The van der Waals surface area contributed by atoms with Gasteiger partial charge in [-0.1, -0.05) is 18.2 Å². The second kappa shape index (κ2) is 7.33. The van der Waals surface area contributed by atoms with Crippen molar-refractivity contribution >= 4 is 28.5 Å². The molecule has 1 saturated heterocycles. The monoisotopic (exact) mass is 385 g/mol. The van der Waals surface area contributed by atoms with Crippen LogP contribution in [0.2, 0.25) is 0 Å². The van der Waals surface area contributed by atoms with Gasteiger partial charge < -0.3 is 20.7 Å². The molecule has 5 rings (SSSR count). The van der Waals surface area contributed by atoms with Crippen LogP contribution in [0.3, 0.4) is 0 Å². The van der Waals surface area contributed by atoms with E-state index in [4.69, 9.17) is 15.5 Å². The van der Waals surface area contributed by atoms with Gasteiger partial charge in [0.15, 0.2) is 5.82 Å². The number of anilines is 3. The van der Waals surface area contributed by atoms with Crippen LogP contribution in [0.5, 0.6) is 11.5 Å². The molecule has 1 aliphatic heterocycles. The second-order valence-corrected chi connectivity index (χ2v) is 6.84. The molecule has 29 heavy (non-hydrogen) atoms. The topological polar surface area (TPSA) is 102 Å². The minimum atomic E-state index is 0.206. The number of nitrogens with one attached hydrogen (secondary N) is 1. The number of hydrogen-bond acceptors (Lipinski definition) is 8. The summed E-state index contributed by atoms with van der Waals surface area (Å²) in [5.74, 6) is 3.54. The van der Waals surface area contributed by atoms with Crippen LogP contribution in [-0.4, -0.2) is 39.1 Å². The van der Waals surface area contributed by atoms with Crippen molar-refractivity contribution in [3.8, 4) is 11.5 Å². The fourth-order valence-electron chi connectivity index (χ4n) is 3.16. The Hall–Kier alpha value is -3.78. The quantitative estimate of drug-likeness (QED) is 0.540. The van der Waals surface area contributed by atoms with Crippen LogP contribution in [0, 0.1) is 0 Å². The summed E-state index contributed by atoms with van der Waals surface area (Å²) in [5, 5.41) is 3.23. The van der Waals surface area contributed by atoms with Gasteiger partial charge >= 0.3 is 0 Å². The van der Waals surface area contributed by atoms with Gasteiger partial charge in [-0.15, -0.1) is 0 Å². The molecule has 0 bridgehead atoms. The molecule has 1 aromatic carbocycles. The maximum Gasteiger partial charge on any atom is 0.161 e. The van der Waals surface area contributed by atoms with Crippen molar-refractivity contribution in [1.29, 1.82) is 0 Å². The normalized spacial score (nSPS) is 13.9. The molecule has 3 N–H and O–H groups in total. The number of hydrogen-bond donors (Lipinski definition) is 2. The molecule has 8 heteroatoms. The van der Waals surface area contributed by atoms with Gasteiger partial charge in [-0.25, -0.2) is 19.9 Å². The van der Waals surface area contributed by atoms with Crippen molar-refractivity contribution in [3.63, 3.8) is 0 Å². The number of fused-ring (bicyclic) bond motifs is 1. The van der Waals surface area contributed by atoms with E-state index >= 15 is 0 Å². The molecular formula is C21H19N7O. The van der Waals surface area contributed by atoms with Crippen LogP contribution in [0.25, 0.3) is 11.0 Å². The van der Waals surface area contributed by atoms with E-state index in [1.165, 1.54) is 6.33 Å². The lowest BCUT2D eigenvalue weighted by atomic mass is 10.1. The second-order valence-electron chi connectivity index (χ2n) is 6.84. The fourth-order valence-corrected chi connectivity index (χ4v) is 3.16. The molecule has 0 saturated carbocycles.